The van der Waals surface area contributed by atoms with Gasteiger partial charge in [-0.1, -0.05) is 72.5 Å². The molecule has 38 heavy (non-hydrogen) atoms. The van der Waals surface area contributed by atoms with E-state index in [4.69, 9.17) is 0 Å². The van der Waals surface area contributed by atoms with Crippen molar-refractivity contribution >= 4 is 0 Å². The van der Waals surface area contributed by atoms with Crippen LogP contribution in [-0.2, 0) is 0 Å². The molecule has 0 aliphatic carbocycles. The molecule has 3 aromatic carbocycles. The summed E-state index contributed by atoms with van der Waals surface area (Å²) < 4.78 is 0. The van der Waals surface area contributed by atoms with Gasteiger partial charge in [0.15, 0.2) is 0 Å². The number of nitrogens with zero attached hydrogens (tertiary/aromatic N) is 3. The SMILES string of the molecule is [O-]c1c(-c2ccc(-c3cccnc3)cc2)cc(-c2ccc(-c3cccnc3)cc2)cc1-c1ccccn1.[Rb+]. The van der Waals surface area contributed by atoms with E-state index in [1.54, 1.807) is 18.6 Å². The fraction of sp³-hybridized carbons (Fsp3) is 0. The zero-order valence-corrected chi connectivity index (χ0v) is 25.9. The van der Waals surface area contributed by atoms with Crippen LogP contribution in [0.1, 0.15) is 0 Å². The van der Waals surface area contributed by atoms with E-state index in [2.05, 4.69) is 39.2 Å². The maximum Gasteiger partial charge on any atom is 1.00 e. The summed E-state index contributed by atoms with van der Waals surface area (Å²) in [5.41, 5.74) is 8.99. The number of rotatable bonds is 5. The molecule has 6 rings (SSSR count). The molecule has 3 heterocycles. The monoisotopic (exact) mass is 561 g/mol. The van der Waals surface area contributed by atoms with Crippen LogP contribution in [0.3, 0.4) is 0 Å². The molecule has 6 aromatic rings. The largest absolute Gasteiger partial charge is 1.00 e. The van der Waals surface area contributed by atoms with Crippen molar-refractivity contribution in [2.24, 2.45) is 0 Å². The standard InChI is InChI=1S/C33H23N3O.Rb/c37-33-30(26-14-12-24(13-15-26)28-6-4-17-35-22-28)19-29(20-31(33)32-7-1-2-18-36-32)25-10-8-23(9-11-25)27-5-3-16-34-21-27;/h1-22,37H;/q;+1/p-1. The maximum atomic E-state index is 13.7. The van der Waals surface area contributed by atoms with Gasteiger partial charge in [-0.15, -0.1) is 0 Å². The molecule has 4 nitrogen and oxygen atoms in total. The van der Waals surface area contributed by atoms with Crippen molar-refractivity contribution < 1.29 is 63.3 Å². The van der Waals surface area contributed by atoms with Gasteiger partial charge in [0.1, 0.15) is 0 Å². The Morgan fingerprint density at radius 3 is 1.47 bits per heavy atom. The first kappa shape index (κ1) is 26.3. The van der Waals surface area contributed by atoms with E-state index in [0.717, 1.165) is 38.9 Å². The maximum absolute atomic E-state index is 13.7. The van der Waals surface area contributed by atoms with Gasteiger partial charge in [-0.2, -0.15) is 0 Å². The Morgan fingerprint density at radius 1 is 0.447 bits per heavy atom. The summed E-state index contributed by atoms with van der Waals surface area (Å²) in [7, 11) is 0. The molecule has 0 unspecified atom stereocenters. The van der Waals surface area contributed by atoms with E-state index in [1.807, 2.05) is 91.3 Å². The van der Waals surface area contributed by atoms with E-state index in [-0.39, 0.29) is 63.9 Å². The van der Waals surface area contributed by atoms with Crippen LogP contribution in [0.4, 0.5) is 0 Å². The number of hydrogen-bond donors (Lipinski definition) is 0. The van der Waals surface area contributed by atoms with Crippen molar-refractivity contribution in [2.45, 2.75) is 0 Å². The van der Waals surface area contributed by atoms with E-state index in [1.165, 1.54) is 0 Å². The Balaban J connectivity index is 0.00000294. The smallest absolute Gasteiger partial charge is 0.872 e. The molecule has 0 saturated carbocycles. The Morgan fingerprint density at radius 2 is 0.974 bits per heavy atom. The minimum Gasteiger partial charge on any atom is -0.872 e. The zero-order chi connectivity index (χ0) is 25.0. The molecule has 0 atom stereocenters. The molecule has 0 aliphatic heterocycles. The van der Waals surface area contributed by atoms with Crippen molar-refractivity contribution in [2.75, 3.05) is 0 Å². The molecule has 0 amide bonds. The molecule has 0 saturated heterocycles. The number of benzene rings is 3. The summed E-state index contributed by atoms with van der Waals surface area (Å²) >= 11 is 0. The second-order valence-corrected chi connectivity index (χ2v) is 8.75. The van der Waals surface area contributed by atoms with Crippen molar-refractivity contribution in [3.8, 4) is 61.5 Å². The Bertz CT molecular complexity index is 1640. The predicted octanol–water partition coefficient (Wildman–Crippen LogP) is 4.28. The van der Waals surface area contributed by atoms with Gasteiger partial charge >= 0.3 is 58.2 Å². The van der Waals surface area contributed by atoms with Crippen LogP contribution >= 0.6 is 0 Å². The molecule has 5 heteroatoms. The first-order chi connectivity index (χ1) is 18.3. The van der Waals surface area contributed by atoms with Crippen LogP contribution in [0.15, 0.2) is 134 Å². The molecule has 0 spiro atoms. The molecular weight excluding hydrogens is 540 g/mol. The van der Waals surface area contributed by atoms with E-state index in [0.29, 0.717) is 16.8 Å². The van der Waals surface area contributed by atoms with Crippen molar-refractivity contribution in [3.63, 3.8) is 0 Å². The van der Waals surface area contributed by atoms with Gasteiger partial charge in [-0.3, -0.25) is 15.0 Å². The van der Waals surface area contributed by atoms with Gasteiger partial charge in [0.2, 0.25) is 0 Å². The van der Waals surface area contributed by atoms with Crippen LogP contribution < -0.4 is 63.3 Å². The topological polar surface area (TPSA) is 61.7 Å². The second kappa shape index (κ2) is 12.1. The zero-order valence-electron chi connectivity index (χ0n) is 21.0. The average molecular weight is 562 g/mol. The van der Waals surface area contributed by atoms with Crippen LogP contribution in [0.5, 0.6) is 5.75 Å². The molecule has 0 N–H and O–H groups in total. The van der Waals surface area contributed by atoms with Crippen LogP contribution in [0.2, 0.25) is 0 Å². The first-order valence-electron chi connectivity index (χ1n) is 12.0. The molecule has 176 valence electrons. The normalized spacial score (nSPS) is 10.5. The summed E-state index contributed by atoms with van der Waals surface area (Å²) in [6.45, 7) is 0. The number of hydrogen-bond acceptors (Lipinski definition) is 4. The van der Waals surface area contributed by atoms with Crippen molar-refractivity contribution in [1.82, 2.24) is 15.0 Å². The quantitative estimate of drug-likeness (QED) is 0.315. The molecule has 0 aliphatic rings. The summed E-state index contributed by atoms with van der Waals surface area (Å²) in [6.07, 6.45) is 8.94. The third-order valence-electron chi connectivity index (χ3n) is 6.43. The Kier molecular flexibility index (Phi) is 8.35. The van der Waals surface area contributed by atoms with Crippen LogP contribution in [0.25, 0.3) is 55.8 Å². The molecule has 0 bridgehead atoms. The van der Waals surface area contributed by atoms with Gasteiger partial charge in [-0.25, -0.2) is 0 Å². The third kappa shape index (κ3) is 5.59. The Labute approximate surface area is 270 Å². The fourth-order valence-electron chi connectivity index (χ4n) is 4.49. The van der Waals surface area contributed by atoms with Crippen LogP contribution in [0, 0.1) is 0 Å². The molecule has 3 aromatic heterocycles. The summed E-state index contributed by atoms with van der Waals surface area (Å²) in [5.74, 6) is -0.0384. The molecule has 0 fully saturated rings. The fourth-order valence-corrected chi connectivity index (χ4v) is 4.49. The van der Waals surface area contributed by atoms with Gasteiger partial charge in [0.05, 0.1) is 5.69 Å². The third-order valence-corrected chi connectivity index (χ3v) is 6.43. The molecule has 0 radical (unpaired) electrons. The number of aromatic nitrogens is 3. The second-order valence-electron chi connectivity index (χ2n) is 8.75. The van der Waals surface area contributed by atoms with Gasteiger partial charge in [0.25, 0.3) is 0 Å². The summed E-state index contributed by atoms with van der Waals surface area (Å²) in [6, 6.07) is 33.9. The summed E-state index contributed by atoms with van der Waals surface area (Å²) in [4.78, 5) is 12.9. The minimum atomic E-state index is -0.0384. The van der Waals surface area contributed by atoms with Crippen LogP contribution in [-0.4, -0.2) is 15.0 Å². The summed E-state index contributed by atoms with van der Waals surface area (Å²) in [5, 5.41) is 13.7. The number of pyridine rings is 3. The average Bonchev–Trinajstić information content (AvgIpc) is 2.99. The first-order valence-corrected chi connectivity index (χ1v) is 12.0. The van der Waals surface area contributed by atoms with Gasteiger partial charge in [-0.05, 0) is 86.5 Å². The predicted molar refractivity (Wildman–Crippen MR) is 146 cm³/mol. The molecular formula is C33H22N3ORb. The Hall–Kier alpha value is -3.28. The van der Waals surface area contributed by atoms with E-state index < -0.39 is 0 Å². The van der Waals surface area contributed by atoms with Crippen molar-refractivity contribution in [3.05, 3.63) is 134 Å². The minimum absolute atomic E-state index is 0. The van der Waals surface area contributed by atoms with Crippen molar-refractivity contribution in [1.29, 1.82) is 0 Å². The van der Waals surface area contributed by atoms with Gasteiger partial charge in [0, 0.05) is 31.0 Å². The van der Waals surface area contributed by atoms with E-state index >= 15 is 0 Å². The van der Waals surface area contributed by atoms with Gasteiger partial charge < -0.3 is 5.11 Å². The van der Waals surface area contributed by atoms with E-state index in [9.17, 15) is 5.11 Å².